The topological polar surface area (TPSA) is 52.2 Å². The lowest BCUT2D eigenvalue weighted by Crippen LogP contribution is -2.44. The van der Waals surface area contributed by atoms with E-state index in [1.54, 1.807) is 21.3 Å². The first-order valence-corrected chi connectivity index (χ1v) is 13.1. The van der Waals surface area contributed by atoms with Crippen LogP contribution in [-0.4, -0.2) is 44.5 Å². The van der Waals surface area contributed by atoms with Crippen molar-refractivity contribution in [2.75, 3.05) is 39.8 Å². The van der Waals surface area contributed by atoms with Gasteiger partial charge in [-0.1, -0.05) is 44.2 Å². The van der Waals surface area contributed by atoms with Gasteiger partial charge in [0.25, 0.3) is 0 Å². The van der Waals surface area contributed by atoms with Crippen LogP contribution in [0.1, 0.15) is 42.1 Å². The van der Waals surface area contributed by atoms with Gasteiger partial charge in [0, 0.05) is 12.2 Å². The molecule has 0 aromatic heterocycles. The molecule has 3 aromatic carbocycles. The molecular weight excluding hydrogens is 484 g/mol. The Balaban J connectivity index is 1.70. The molecule has 7 heteroatoms. The molecule has 0 aliphatic carbocycles. The number of hydrogen-bond acceptors (Lipinski definition) is 5. The summed E-state index contributed by atoms with van der Waals surface area (Å²) < 4.78 is 23.1. The minimum Gasteiger partial charge on any atom is -0.493 e. The third-order valence-electron chi connectivity index (χ3n) is 6.96. The summed E-state index contributed by atoms with van der Waals surface area (Å²) in [6, 6.07) is 18.1. The fourth-order valence-electron chi connectivity index (χ4n) is 4.94. The molecule has 1 aliphatic rings. The summed E-state index contributed by atoms with van der Waals surface area (Å²) in [4.78, 5) is 2.23. The van der Waals surface area contributed by atoms with E-state index in [0.29, 0.717) is 29.0 Å². The zero-order valence-corrected chi connectivity index (χ0v) is 23.1. The van der Waals surface area contributed by atoms with Gasteiger partial charge in [0.1, 0.15) is 6.61 Å². The zero-order chi connectivity index (χ0) is 26.4. The van der Waals surface area contributed by atoms with Gasteiger partial charge >= 0.3 is 0 Å². The Bertz CT molecular complexity index is 1220. The zero-order valence-electron chi connectivity index (χ0n) is 22.3. The number of anilines is 1. The Morgan fingerprint density at radius 3 is 2.11 bits per heavy atom. The average Bonchev–Trinajstić information content (AvgIpc) is 2.94. The van der Waals surface area contributed by atoms with Gasteiger partial charge in [-0.15, -0.1) is 0 Å². The minimum absolute atomic E-state index is 0.132. The number of benzene rings is 3. The number of fused-ring (bicyclic) bond motifs is 1. The maximum absolute atomic E-state index is 6.35. The lowest BCUT2D eigenvalue weighted by atomic mass is 9.92. The third-order valence-corrected chi connectivity index (χ3v) is 7.30. The molecule has 1 atom stereocenters. The Morgan fingerprint density at radius 1 is 0.865 bits per heavy atom. The van der Waals surface area contributed by atoms with Crippen molar-refractivity contribution < 1.29 is 18.9 Å². The number of para-hydroxylation sites is 3. The molecule has 3 aromatic rings. The van der Waals surface area contributed by atoms with E-state index in [-0.39, 0.29) is 6.04 Å². The summed E-state index contributed by atoms with van der Waals surface area (Å²) in [6.45, 7) is 5.48. The molecule has 37 heavy (non-hydrogen) atoms. The highest BCUT2D eigenvalue weighted by molar-refractivity contribution is 7.80. The Morgan fingerprint density at radius 2 is 1.49 bits per heavy atom. The third kappa shape index (κ3) is 5.62. The molecule has 196 valence electrons. The Kier molecular flexibility index (Phi) is 8.77. The second-order valence-corrected chi connectivity index (χ2v) is 9.30. The fourth-order valence-corrected chi connectivity index (χ4v) is 5.26. The highest BCUT2D eigenvalue weighted by atomic mass is 32.1. The maximum Gasteiger partial charge on any atom is 0.174 e. The monoisotopic (exact) mass is 520 g/mol. The molecule has 0 spiro atoms. The molecule has 0 fully saturated rings. The molecule has 1 aliphatic heterocycles. The van der Waals surface area contributed by atoms with Crippen LogP contribution in [0.15, 0.2) is 54.6 Å². The summed E-state index contributed by atoms with van der Waals surface area (Å²) in [7, 11) is 4.97. The second-order valence-electron chi connectivity index (χ2n) is 8.92. The van der Waals surface area contributed by atoms with Gasteiger partial charge in [-0.3, -0.25) is 0 Å². The normalized spacial score (nSPS) is 14.5. The van der Waals surface area contributed by atoms with E-state index in [1.165, 1.54) is 16.7 Å². The van der Waals surface area contributed by atoms with Crippen LogP contribution < -0.4 is 24.3 Å². The smallest absolute Gasteiger partial charge is 0.174 e. The number of nitrogens with one attached hydrogen (secondary N) is 1. The molecule has 0 saturated carbocycles. The molecule has 1 unspecified atom stereocenters. The number of rotatable bonds is 9. The summed E-state index contributed by atoms with van der Waals surface area (Å²) in [6.07, 6.45) is 2.69. The summed E-state index contributed by atoms with van der Waals surface area (Å²) in [5.41, 5.74) is 5.94. The number of aryl methyl sites for hydroxylation is 2. The second kappa shape index (κ2) is 12.2. The van der Waals surface area contributed by atoms with E-state index in [4.69, 9.17) is 31.2 Å². The lowest BCUT2D eigenvalue weighted by molar-refractivity contribution is 0.185. The predicted octanol–water partition coefficient (Wildman–Crippen LogP) is 6.21. The molecule has 0 amide bonds. The van der Waals surface area contributed by atoms with Gasteiger partial charge in [-0.2, -0.15) is 0 Å². The summed E-state index contributed by atoms with van der Waals surface area (Å²) in [5, 5.41) is 4.29. The van der Waals surface area contributed by atoms with Crippen molar-refractivity contribution in [3.8, 4) is 23.0 Å². The minimum atomic E-state index is -0.132. The van der Waals surface area contributed by atoms with Gasteiger partial charge in [0.05, 0.1) is 27.4 Å². The van der Waals surface area contributed by atoms with Crippen molar-refractivity contribution in [1.29, 1.82) is 0 Å². The first-order valence-electron chi connectivity index (χ1n) is 12.7. The van der Waals surface area contributed by atoms with Gasteiger partial charge in [0.15, 0.2) is 28.1 Å². The maximum atomic E-state index is 6.35. The highest BCUT2D eigenvalue weighted by Gasteiger charge is 2.32. The molecular formula is C30H36N2O4S. The van der Waals surface area contributed by atoms with Crippen molar-refractivity contribution in [3.63, 3.8) is 0 Å². The molecule has 6 nitrogen and oxygen atoms in total. The number of nitrogens with zero attached hydrogens (tertiary/aromatic N) is 1. The number of methoxy groups -OCH3 is 3. The van der Waals surface area contributed by atoms with Crippen molar-refractivity contribution in [2.24, 2.45) is 0 Å². The van der Waals surface area contributed by atoms with E-state index < -0.39 is 0 Å². The summed E-state index contributed by atoms with van der Waals surface area (Å²) in [5.74, 6) is 2.81. The van der Waals surface area contributed by atoms with Crippen molar-refractivity contribution in [2.45, 2.75) is 39.2 Å². The van der Waals surface area contributed by atoms with Crippen LogP contribution in [0, 0.1) is 0 Å². The van der Waals surface area contributed by atoms with Crippen LogP contribution in [-0.2, 0) is 19.3 Å². The number of ether oxygens (including phenoxy) is 4. The fraction of sp³-hybridized carbons (Fsp3) is 0.367. The van der Waals surface area contributed by atoms with Crippen LogP contribution in [0.4, 0.5) is 5.69 Å². The van der Waals surface area contributed by atoms with Gasteiger partial charge in [0.2, 0.25) is 0 Å². The molecule has 4 rings (SSSR count). The van der Waals surface area contributed by atoms with Crippen molar-refractivity contribution >= 4 is 23.0 Å². The van der Waals surface area contributed by atoms with Gasteiger partial charge in [-0.25, -0.2) is 0 Å². The van der Waals surface area contributed by atoms with Gasteiger partial charge < -0.3 is 29.2 Å². The first-order chi connectivity index (χ1) is 18.0. The van der Waals surface area contributed by atoms with Crippen LogP contribution in [0.2, 0.25) is 0 Å². The van der Waals surface area contributed by atoms with Crippen molar-refractivity contribution in [3.05, 3.63) is 76.9 Å². The first kappa shape index (κ1) is 26.6. The van der Waals surface area contributed by atoms with E-state index in [0.717, 1.165) is 42.8 Å². The van der Waals surface area contributed by atoms with Crippen LogP contribution in [0.5, 0.6) is 23.0 Å². The van der Waals surface area contributed by atoms with E-state index in [9.17, 15) is 0 Å². The predicted molar refractivity (Wildman–Crippen MR) is 153 cm³/mol. The number of hydrogen-bond donors (Lipinski definition) is 1. The standard InChI is InChI=1S/C30H36N2O4S/c1-6-20-11-10-12-21(7-2)29(20)31-30(37)32-16-15-22-17-27(34-4)28(35-5)18-23(22)24(32)19-36-26-14-9-8-13-25(26)33-3/h8-14,17-18,24H,6-7,15-16,19H2,1-5H3,(H,31,37). The summed E-state index contributed by atoms with van der Waals surface area (Å²) >= 11 is 6.05. The SMILES string of the molecule is CCc1cccc(CC)c1NC(=S)N1CCc2cc(OC)c(OC)cc2C1COc1ccccc1OC. The largest absolute Gasteiger partial charge is 0.493 e. The molecule has 0 saturated heterocycles. The van der Waals surface area contributed by atoms with Gasteiger partial charge in [-0.05, 0) is 78.0 Å². The molecule has 0 radical (unpaired) electrons. The van der Waals surface area contributed by atoms with Crippen LogP contribution in [0.25, 0.3) is 0 Å². The van der Waals surface area contributed by atoms with E-state index in [1.807, 2.05) is 24.3 Å². The Labute approximate surface area is 225 Å². The molecule has 1 heterocycles. The quantitative estimate of drug-likeness (QED) is 0.337. The van der Waals surface area contributed by atoms with E-state index in [2.05, 4.69) is 54.4 Å². The molecule has 1 N–H and O–H groups in total. The molecule has 0 bridgehead atoms. The lowest BCUT2D eigenvalue weighted by Gasteiger charge is -2.39. The van der Waals surface area contributed by atoms with Crippen LogP contribution >= 0.6 is 12.2 Å². The van der Waals surface area contributed by atoms with Crippen molar-refractivity contribution in [1.82, 2.24) is 4.90 Å². The Hall–Kier alpha value is -3.45. The van der Waals surface area contributed by atoms with E-state index >= 15 is 0 Å². The van der Waals surface area contributed by atoms with Crippen LogP contribution in [0.3, 0.4) is 0 Å². The average molecular weight is 521 g/mol. The highest BCUT2D eigenvalue weighted by Crippen LogP contribution is 2.39. The number of thiocarbonyl (C=S) groups is 1.